The highest BCUT2D eigenvalue weighted by Gasteiger charge is 2.30. The highest BCUT2D eigenvalue weighted by molar-refractivity contribution is 7.16. The van der Waals surface area contributed by atoms with Crippen LogP contribution in [0.25, 0.3) is 0 Å². The first-order chi connectivity index (χ1) is 9.56. The predicted molar refractivity (Wildman–Crippen MR) is 83.2 cm³/mol. The number of fused-ring (bicyclic) bond motifs is 1. The van der Waals surface area contributed by atoms with Crippen molar-refractivity contribution in [3.8, 4) is 0 Å². The van der Waals surface area contributed by atoms with E-state index in [1.807, 2.05) is 25.1 Å². The number of nitrogens with two attached hydrogens (primary N) is 1. The van der Waals surface area contributed by atoms with Crippen molar-refractivity contribution in [2.24, 2.45) is 5.73 Å². The molecule has 0 saturated heterocycles. The van der Waals surface area contributed by atoms with Gasteiger partial charge in [-0.05, 0) is 43.2 Å². The molecule has 1 aromatic carbocycles. The molecule has 2 atom stereocenters. The Bertz CT molecular complexity index is 626. The van der Waals surface area contributed by atoms with Gasteiger partial charge in [-0.15, -0.1) is 11.3 Å². The summed E-state index contributed by atoms with van der Waals surface area (Å²) in [4.78, 5) is 3.33. The van der Waals surface area contributed by atoms with Crippen LogP contribution in [-0.4, -0.2) is 12.6 Å². The van der Waals surface area contributed by atoms with Gasteiger partial charge in [0, 0.05) is 23.2 Å². The lowest BCUT2D eigenvalue weighted by atomic mass is 10.1. The number of hydrogen-bond acceptors (Lipinski definition) is 3. The summed E-state index contributed by atoms with van der Waals surface area (Å²) in [6, 6.07) is 8.87. The molecular formula is C15H16ClFN2S. The Kier molecular flexibility index (Phi) is 3.71. The third-order valence-electron chi connectivity index (χ3n) is 3.70. The fourth-order valence-electron chi connectivity index (χ4n) is 2.85. The lowest BCUT2D eigenvalue weighted by Crippen LogP contribution is -2.38. The van der Waals surface area contributed by atoms with Crippen molar-refractivity contribution in [2.75, 3.05) is 11.4 Å². The van der Waals surface area contributed by atoms with Crippen molar-refractivity contribution in [3.05, 3.63) is 50.9 Å². The Morgan fingerprint density at radius 1 is 1.35 bits per heavy atom. The van der Waals surface area contributed by atoms with E-state index < -0.39 is 0 Å². The van der Waals surface area contributed by atoms with Gasteiger partial charge < -0.3 is 10.6 Å². The average molecular weight is 311 g/mol. The molecule has 3 rings (SSSR count). The normalized spacial score (nSPS) is 17.1. The zero-order valence-electron chi connectivity index (χ0n) is 11.1. The summed E-state index contributed by atoms with van der Waals surface area (Å²) < 4.78 is 14.3. The van der Waals surface area contributed by atoms with E-state index in [1.54, 1.807) is 6.07 Å². The zero-order chi connectivity index (χ0) is 14.3. The molecule has 2 unspecified atom stereocenters. The second kappa shape index (κ2) is 5.35. The molecule has 0 saturated carbocycles. The van der Waals surface area contributed by atoms with Crippen molar-refractivity contribution in [1.82, 2.24) is 0 Å². The van der Waals surface area contributed by atoms with E-state index in [2.05, 4.69) is 4.90 Å². The SMILES string of the molecule is CC(N)C(c1ccc(Cl)s1)N1CCc2ccc(F)cc21. The van der Waals surface area contributed by atoms with Gasteiger partial charge in [-0.2, -0.15) is 0 Å². The minimum atomic E-state index is -0.205. The number of nitrogens with zero attached hydrogens (tertiary/aromatic N) is 1. The monoisotopic (exact) mass is 310 g/mol. The number of benzene rings is 1. The highest BCUT2D eigenvalue weighted by Crippen LogP contribution is 2.39. The first-order valence-electron chi connectivity index (χ1n) is 6.62. The van der Waals surface area contributed by atoms with E-state index in [4.69, 9.17) is 17.3 Å². The summed E-state index contributed by atoms with van der Waals surface area (Å²) in [7, 11) is 0. The second-order valence-corrected chi connectivity index (χ2v) is 6.91. The molecule has 2 heterocycles. The third kappa shape index (κ3) is 2.43. The van der Waals surface area contributed by atoms with Gasteiger partial charge >= 0.3 is 0 Å². The number of rotatable bonds is 3. The Morgan fingerprint density at radius 2 is 2.15 bits per heavy atom. The Hall–Kier alpha value is -1.10. The van der Waals surface area contributed by atoms with Crippen LogP contribution in [0.5, 0.6) is 0 Å². The summed E-state index contributed by atoms with van der Waals surface area (Å²) in [6.07, 6.45) is 0.929. The minimum Gasteiger partial charge on any atom is -0.361 e. The zero-order valence-corrected chi connectivity index (χ0v) is 12.7. The molecule has 20 heavy (non-hydrogen) atoms. The van der Waals surface area contributed by atoms with Gasteiger partial charge in [0.1, 0.15) is 5.82 Å². The lowest BCUT2D eigenvalue weighted by molar-refractivity contribution is 0.548. The molecule has 0 radical (unpaired) electrons. The maximum absolute atomic E-state index is 13.5. The summed E-state index contributed by atoms with van der Waals surface area (Å²) in [5.41, 5.74) is 8.32. The van der Waals surface area contributed by atoms with E-state index in [1.165, 1.54) is 23.0 Å². The fraction of sp³-hybridized carbons (Fsp3) is 0.333. The smallest absolute Gasteiger partial charge is 0.125 e. The van der Waals surface area contributed by atoms with Crippen molar-refractivity contribution in [1.29, 1.82) is 0 Å². The number of halogens is 2. The standard InChI is InChI=1S/C15H16ClFN2S/c1-9(18)15(13-4-5-14(16)20-13)19-7-6-10-2-3-11(17)8-12(10)19/h2-5,8-9,15H,6-7,18H2,1H3. The van der Waals surface area contributed by atoms with E-state index in [0.29, 0.717) is 0 Å². The number of thiophene rings is 1. The van der Waals surface area contributed by atoms with Gasteiger partial charge in [-0.1, -0.05) is 17.7 Å². The van der Waals surface area contributed by atoms with Crippen LogP contribution in [-0.2, 0) is 6.42 Å². The molecule has 1 aliphatic rings. The number of anilines is 1. The topological polar surface area (TPSA) is 29.3 Å². The van der Waals surface area contributed by atoms with Crippen molar-refractivity contribution in [2.45, 2.75) is 25.4 Å². The van der Waals surface area contributed by atoms with E-state index >= 15 is 0 Å². The van der Waals surface area contributed by atoms with Gasteiger partial charge in [0.05, 0.1) is 10.4 Å². The van der Waals surface area contributed by atoms with Crippen LogP contribution in [0.4, 0.5) is 10.1 Å². The molecule has 2 nitrogen and oxygen atoms in total. The van der Waals surface area contributed by atoms with E-state index in [-0.39, 0.29) is 17.9 Å². The van der Waals surface area contributed by atoms with Gasteiger partial charge in [-0.25, -0.2) is 4.39 Å². The maximum Gasteiger partial charge on any atom is 0.125 e. The molecule has 1 aromatic heterocycles. The van der Waals surface area contributed by atoms with Crippen LogP contribution in [0.3, 0.4) is 0 Å². The van der Waals surface area contributed by atoms with Crippen molar-refractivity contribution < 1.29 is 4.39 Å². The molecule has 0 spiro atoms. The van der Waals surface area contributed by atoms with Crippen LogP contribution in [0.2, 0.25) is 4.34 Å². The molecule has 0 aliphatic carbocycles. The fourth-order valence-corrected chi connectivity index (χ4v) is 4.14. The largest absolute Gasteiger partial charge is 0.361 e. The molecular weight excluding hydrogens is 295 g/mol. The average Bonchev–Trinajstić information content (AvgIpc) is 2.97. The lowest BCUT2D eigenvalue weighted by Gasteiger charge is -2.32. The minimum absolute atomic E-state index is 0.0375. The Morgan fingerprint density at radius 3 is 2.80 bits per heavy atom. The van der Waals surface area contributed by atoms with Crippen molar-refractivity contribution in [3.63, 3.8) is 0 Å². The van der Waals surface area contributed by atoms with Crippen LogP contribution in [0.15, 0.2) is 30.3 Å². The molecule has 106 valence electrons. The van der Waals surface area contributed by atoms with Gasteiger partial charge in [0.15, 0.2) is 0 Å². The van der Waals surface area contributed by atoms with Gasteiger partial charge in [0.25, 0.3) is 0 Å². The molecule has 2 N–H and O–H groups in total. The molecule has 2 aromatic rings. The first-order valence-corrected chi connectivity index (χ1v) is 7.81. The van der Waals surface area contributed by atoms with Crippen molar-refractivity contribution >= 4 is 28.6 Å². The molecule has 0 fully saturated rings. The Balaban J connectivity index is 2.01. The van der Waals surface area contributed by atoms with Gasteiger partial charge in [0.2, 0.25) is 0 Å². The molecule has 1 aliphatic heterocycles. The quantitative estimate of drug-likeness (QED) is 0.928. The summed E-state index contributed by atoms with van der Waals surface area (Å²) in [5.74, 6) is -0.205. The summed E-state index contributed by atoms with van der Waals surface area (Å²) in [5, 5.41) is 0. The predicted octanol–water partition coefficient (Wildman–Crippen LogP) is 3.99. The summed E-state index contributed by atoms with van der Waals surface area (Å²) >= 11 is 7.58. The maximum atomic E-state index is 13.5. The number of hydrogen-bond donors (Lipinski definition) is 1. The van der Waals surface area contributed by atoms with Gasteiger partial charge in [-0.3, -0.25) is 0 Å². The van der Waals surface area contributed by atoms with Crippen LogP contribution >= 0.6 is 22.9 Å². The molecule has 0 bridgehead atoms. The molecule has 5 heteroatoms. The van der Waals surface area contributed by atoms with Crippen LogP contribution in [0.1, 0.15) is 23.4 Å². The second-order valence-electron chi connectivity index (χ2n) is 5.16. The van der Waals surface area contributed by atoms with Crippen LogP contribution < -0.4 is 10.6 Å². The molecule has 0 amide bonds. The summed E-state index contributed by atoms with van der Waals surface area (Å²) in [6.45, 7) is 2.84. The first kappa shape index (κ1) is 13.9. The van der Waals surface area contributed by atoms with E-state index in [0.717, 1.165) is 27.9 Å². The third-order valence-corrected chi connectivity index (χ3v) is 5.00. The van der Waals surface area contributed by atoms with Crippen LogP contribution in [0, 0.1) is 5.82 Å². The highest BCUT2D eigenvalue weighted by atomic mass is 35.5. The Labute approximate surface area is 127 Å². The van der Waals surface area contributed by atoms with E-state index in [9.17, 15) is 4.39 Å².